The zero-order valence-electron chi connectivity index (χ0n) is 11.0. The van der Waals surface area contributed by atoms with Crippen molar-refractivity contribution in [2.24, 2.45) is 0 Å². The van der Waals surface area contributed by atoms with Crippen LogP contribution in [0.25, 0.3) is 0 Å². The summed E-state index contributed by atoms with van der Waals surface area (Å²) in [6.07, 6.45) is 0.00285. The number of aliphatic hydroxyl groups is 1. The maximum atomic E-state index is 12.3. The quantitative estimate of drug-likeness (QED) is 0.599. The maximum Gasteiger partial charge on any atom is 0.326 e. The first kappa shape index (κ1) is 14.5. The third-order valence-corrected chi connectivity index (χ3v) is 3.44. The lowest BCUT2D eigenvalue weighted by atomic mass is 9.90. The number of carboxylic acids is 1. The van der Waals surface area contributed by atoms with Gasteiger partial charge in [-0.3, -0.25) is 4.79 Å². The molecule has 108 valence electrons. The lowest BCUT2D eigenvalue weighted by Crippen LogP contribution is -2.46. The number of aliphatic carboxylic acids is 1. The lowest BCUT2D eigenvalue weighted by molar-refractivity contribution is -0.142. The fourth-order valence-corrected chi connectivity index (χ4v) is 2.39. The highest BCUT2D eigenvalue weighted by Gasteiger charge is 2.29. The Morgan fingerprint density at radius 2 is 2.15 bits per heavy atom. The molecule has 0 radical (unpaired) electrons. The third-order valence-electron chi connectivity index (χ3n) is 3.44. The Hall–Kier alpha value is -1.92. The minimum absolute atomic E-state index is 0.00285. The van der Waals surface area contributed by atoms with Gasteiger partial charge in [-0.1, -0.05) is 24.3 Å². The van der Waals surface area contributed by atoms with Crippen LogP contribution >= 0.6 is 0 Å². The van der Waals surface area contributed by atoms with E-state index in [4.69, 9.17) is 10.2 Å². The Morgan fingerprint density at radius 1 is 1.40 bits per heavy atom. The van der Waals surface area contributed by atoms with Crippen LogP contribution < -0.4 is 10.6 Å². The average molecular weight is 278 g/mol. The van der Waals surface area contributed by atoms with Crippen molar-refractivity contribution < 1.29 is 19.8 Å². The molecular weight excluding hydrogens is 260 g/mol. The highest BCUT2D eigenvalue weighted by atomic mass is 16.4. The molecule has 0 aliphatic carbocycles. The third kappa shape index (κ3) is 3.15. The number of rotatable bonds is 5. The summed E-state index contributed by atoms with van der Waals surface area (Å²) in [7, 11) is 0. The summed E-state index contributed by atoms with van der Waals surface area (Å²) in [5.74, 6) is -1.87. The van der Waals surface area contributed by atoms with Gasteiger partial charge in [0.1, 0.15) is 6.04 Å². The number of hydrogen-bond donors (Lipinski definition) is 4. The van der Waals surface area contributed by atoms with Gasteiger partial charge >= 0.3 is 5.97 Å². The Balaban J connectivity index is 2.12. The fraction of sp³-hybridized carbons (Fsp3) is 0.429. The molecule has 1 aromatic carbocycles. The summed E-state index contributed by atoms with van der Waals surface area (Å²) in [5, 5.41) is 23.5. The van der Waals surface area contributed by atoms with Gasteiger partial charge in [0.2, 0.25) is 5.91 Å². The number of benzene rings is 1. The summed E-state index contributed by atoms with van der Waals surface area (Å²) in [6.45, 7) is 0.907. The van der Waals surface area contributed by atoms with Crippen molar-refractivity contribution in [3.05, 3.63) is 35.4 Å². The number of nitrogens with one attached hydrogen (secondary N) is 2. The van der Waals surface area contributed by atoms with Crippen LogP contribution in [0.3, 0.4) is 0 Å². The van der Waals surface area contributed by atoms with Crippen molar-refractivity contribution in [2.45, 2.75) is 24.9 Å². The second-order valence-corrected chi connectivity index (χ2v) is 4.79. The zero-order valence-corrected chi connectivity index (χ0v) is 11.0. The first-order chi connectivity index (χ1) is 9.63. The van der Waals surface area contributed by atoms with Gasteiger partial charge in [0.25, 0.3) is 0 Å². The van der Waals surface area contributed by atoms with Crippen molar-refractivity contribution in [3.8, 4) is 0 Å². The van der Waals surface area contributed by atoms with E-state index in [0.29, 0.717) is 13.1 Å². The molecule has 2 atom stereocenters. The summed E-state index contributed by atoms with van der Waals surface area (Å²) in [5.41, 5.74) is 1.98. The molecule has 1 unspecified atom stereocenters. The molecular formula is C14H18N2O4. The first-order valence-corrected chi connectivity index (χ1v) is 6.56. The van der Waals surface area contributed by atoms with Crippen LogP contribution in [0.5, 0.6) is 0 Å². The van der Waals surface area contributed by atoms with Gasteiger partial charge in [-0.05, 0) is 11.1 Å². The van der Waals surface area contributed by atoms with Gasteiger partial charge in [-0.15, -0.1) is 0 Å². The van der Waals surface area contributed by atoms with E-state index in [9.17, 15) is 9.59 Å². The molecule has 0 fully saturated rings. The molecule has 1 heterocycles. The molecule has 1 amide bonds. The second kappa shape index (κ2) is 6.49. The normalized spacial score (nSPS) is 18.9. The average Bonchev–Trinajstić information content (AvgIpc) is 2.46. The molecule has 4 N–H and O–H groups in total. The van der Waals surface area contributed by atoms with E-state index < -0.39 is 17.9 Å². The van der Waals surface area contributed by atoms with Gasteiger partial charge < -0.3 is 20.8 Å². The zero-order chi connectivity index (χ0) is 14.5. The Kier molecular flexibility index (Phi) is 4.70. The molecule has 6 heteroatoms. The minimum Gasteiger partial charge on any atom is -0.480 e. The number of carboxylic acid groups (broad SMARTS) is 1. The second-order valence-electron chi connectivity index (χ2n) is 4.79. The monoisotopic (exact) mass is 278 g/mol. The van der Waals surface area contributed by atoms with Crippen LogP contribution in [-0.2, 0) is 16.1 Å². The number of carbonyl (C=O) groups excluding carboxylic acids is 1. The van der Waals surface area contributed by atoms with Gasteiger partial charge in [0.15, 0.2) is 0 Å². The predicted octanol–water partition coefficient (Wildman–Crippen LogP) is -0.175. The van der Waals surface area contributed by atoms with Crippen LogP contribution in [0, 0.1) is 0 Å². The van der Waals surface area contributed by atoms with E-state index in [1.807, 2.05) is 24.3 Å². The van der Waals surface area contributed by atoms with Crippen molar-refractivity contribution in [2.75, 3.05) is 13.2 Å². The fourth-order valence-electron chi connectivity index (χ4n) is 2.39. The van der Waals surface area contributed by atoms with E-state index in [0.717, 1.165) is 11.1 Å². The number of amides is 1. The SMILES string of the molecule is O=C(N[C@@H](CCO)C(=O)O)C1CNCc2ccccc21. The summed E-state index contributed by atoms with van der Waals surface area (Å²) in [4.78, 5) is 23.3. The van der Waals surface area contributed by atoms with Crippen LogP contribution in [0.1, 0.15) is 23.5 Å². The van der Waals surface area contributed by atoms with Gasteiger partial charge in [0.05, 0.1) is 5.92 Å². The molecule has 20 heavy (non-hydrogen) atoms. The van der Waals surface area contributed by atoms with E-state index in [-0.39, 0.29) is 18.9 Å². The summed E-state index contributed by atoms with van der Waals surface area (Å²) < 4.78 is 0. The van der Waals surface area contributed by atoms with Gasteiger partial charge in [-0.25, -0.2) is 4.79 Å². The van der Waals surface area contributed by atoms with Crippen LogP contribution in [0.15, 0.2) is 24.3 Å². The van der Waals surface area contributed by atoms with E-state index in [2.05, 4.69) is 10.6 Å². The van der Waals surface area contributed by atoms with Crippen molar-refractivity contribution in [1.29, 1.82) is 0 Å². The molecule has 0 saturated heterocycles. The molecule has 0 spiro atoms. The number of fused-ring (bicyclic) bond motifs is 1. The van der Waals surface area contributed by atoms with Crippen LogP contribution in [-0.4, -0.2) is 41.3 Å². The minimum atomic E-state index is -1.13. The number of hydrogen-bond acceptors (Lipinski definition) is 4. The number of carbonyl (C=O) groups is 2. The molecule has 1 aliphatic heterocycles. The molecule has 1 aromatic rings. The topological polar surface area (TPSA) is 98.7 Å². The van der Waals surface area contributed by atoms with E-state index >= 15 is 0 Å². The largest absolute Gasteiger partial charge is 0.480 e. The van der Waals surface area contributed by atoms with Crippen molar-refractivity contribution in [3.63, 3.8) is 0 Å². The molecule has 0 bridgehead atoms. The summed E-state index contributed by atoms with van der Waals surface area (Å²) in [6, 6.07) is 6.56. The molecule has 1 aliphatic rings. The number of aliphatic hydroxyl groups excluding tert-OH is 1. The molecule has 0 saturated carbocycles. The molecule has 0 aromatic heterocycles. The summed E-state index contributed by atoms with van der Waals surface area (Å²) >= 11 is 0. The Morgan fingerprint density at radius 3 is 2.85 bits per heavy atom. The highest BCUT2D eigenvalue weighted by molar-refractivity contribution is 5.88. The predicted molar refractivity (Wildman–Crippen MR) is 72.2 cm³/mol. The van der Waals surface area contributed by atoms with Gasteiger partial charge in [0, 0.05) is 26.1 Å². The van der Waals surface area contributed by atoms with E-state index in [1.165, 1.54) is 0 Å². The van der Waals surface area contributed by atoms with E-state index in [1.54, 1.807) is 0 Å². The maximum absolute atomic E-state index is 12.3. The standard InChI is InChI=1S/C14H18N2O4/c17-6-5-12(14(19)20)16-13(18)11-8-15-7-9-3-1-2-4-10(9)11/h1-4,11-12,15,17H,5-8H2,(H,16,18)(H,19,20)/t11?,12-/m0/s1. The highest BCUT2D eigenvalue weighted by Crippen LogP contribution is 2.24. The van der Waals surface area contributed by atoms with Gasteiger partial charge in [-0.2, -0.15) is 0 Å². The Bertz CT molecular complexity index is 504. The molecule has 2 rings (SSSR count). The van der Waals surface area contributed by atoms with Crippen molar-refractivity contribution >= 4 is 11.9 Å². The lowest BCUT2D eigenvalue weighted by Gasteiger charge is -2.26. The van der Waals surface area contributed by atoms with Crippen LogP contribution in [0.4, 0.5) is 0 Å². The smallest absolute Gasteiger partial charge is 0.326 e. The van der Waals surface area contributed by atoms with Crippen molar-refractivity contribution in [1.82, 2.24) is 10.6 Å². The van der Waals surface area contributed by atoms with Crippen LogP contribution in [0.2, 0.25) is 0 Å². The first-order valence-electron chi connectivity index (χ1n) is 6.56. The Labute approximate surface area is 116 Å². The molecule has 6 nitrogen and oxygen atoms in total.